The summed E-state index contributed by atoms with van der Waals surface area (Å²) in [5.74, 6) is -0.305. The number of carbonyl (C=O) groups is 2. The molecule has 1 aromatic heterocycles. The van der Waals surface area contributed by atoms with Gasteiger partial charge in [0.05, 0.1) is 0 Å². The molecule has 0 saturated carbocycles. The van der Waals surface area contributed by atoms with Crippen LogP contribution in [0, 0.1) is 0 Å². The van der Waals surface area contributed by atoms with E-state index in [1.807, 2.05) is 0 Å². The Morgan fingerprint density at radius 3 is 2.95 bits per heavy atom. The van der Waals surface area contributed by atoms with Crippen molar-refractivity contribution in [3.8, 4) is 0 Å². The summed E-state index contributed by atoms with van der Waals surface area (Å²) in [5.41, 5.74) is 0.360. The van der Waals surface area contributed by atoms with Gasteiger partial charge in [0, 0.05) is 24.3 Å². The lowest BCUT2D eigenvalue weighted by atomic mass is 10.0. The molecule has 0 spiro atoms. The zero-order valence-corrected chi connectivity index (χ0v) is 12.3. The fraction of sp³-hybridized carbons (Fsp3) is 0.462. The van der Waals surface area contributed by atoms with Crippen LogP contribution in [-0.2, 0) is 4.79 Å². The summed E-state index contributed by atoms with van der Waals surface area (Å²) < 4.78 is 0.654. The highest BCUT2D eigenvalue weighted by atomic mass is 79.9. The molecule has 1 fully saturated rings. The van der Waals surface area contributed by atoms with E-state index in [1.54, 1.807) is 30.3 Å². The van der Waals surface area contributed by atoms with Gasteiger partial charge in [-0.2, -0.15) is 0 Å². The van der Waals surface area contributed by atoms with Gasteiger partial charge in [-0.15, -0.1) is 0 Å². The van der Waals surface area contributed by atoms with Crippen molar-refractivity contribution in [2.24, 2.45) is 0 Å². The number of nitrogens with zero attached hydrogens (tertiary/aromatic N) is 2. The van der Waals surface area contributed by atoms with Crippen LogP contribution in [0.1, 0.15) is 29.8 Å². The number of nitrogens with one attached hydrogen (secondary N) is 1. The third-order valence-corrected chi connectivity index (χ3v) is 3.91. The molecule has 102 valence electrons. The van der Waals surface area contributed by atoms with Crippen LogP contribution in [0.4, 0.5) is 0 Å². The number of piperidine rings is 1. The number of halogens is 1. The van der Waals surface area contributed by atoms with Crippen LogP contribution in [0.5, 0.6) is 0 Å². The van der Waals surface area contributed by atoms with Gasteiger partial charge < -0.3 is 10.2 Å². The van der Waals surface area contributed by atoms with Crippen LogP contribution in [-0.4, -0.2) is 41.3 Å². The van der Waals surface area contributed by atoms with E-state index in [4.69, 9.17) is 0 Å². The Hall–Kier alpha value is -1.43. The molecular formula is C13H16BrN3O2. The van der Waals surface area contributed by atoms with Gasteiger partial charge in [-0.25, -0.2) is 4.98 Å². The molecule has 1 aliphatic rings. The standard InChI is InChI=1S/C13H16BrN3O2/c1-15-12(18)10-6-2-3-8-17(10)13(19)11-9(14)5-4-7-16-11/h4-5,7,10H,2-3,6,8H2,1H3,(H,15,18). The quantitative estimate of drug-likeness (QED) is 0.898. The molecule has 2 heterocycles. The molecule has 0 radical (unpaired) electrons. The fourth-order valence-corrected chi connectivity index (χ4v) is 2.72. The number of likely N-dealkylation sites (tertiary alicyclic amines) is 1. The average molecular weight is 326 g/mol. The number of amides is 2. The van der Waals surface area contributed by atoms with Gasteiger partial charge in [-0.1, -0.05) is 0 Å². The molecule has 5 nitrogen and oxygen atoms in total. The molecule has 2 rings (SSSR count). The molecule has 1 N–H and O–H groups in total. The van der Waals surface area contributed by atoms with Gasteiger partial charge in [0.2, 0.25) is 5.91 Å². The SMILES string of the molecule is CNC(=O)C1CCCCN1C(=O)c1ncccc1Br. The van der Waals surface area contributed by atoms with Gasteiger partial charge in [-0.05, 0) is 47.3 Å². The van der Waals surface area contributed by atoms with Crippen LogP contribution in [0.3, 0.4) is 0 Å². The maximum Gasteiger partial charge on any atom is 0.274 e. The average Bonchev–Trinajstić information content (AvgIpc) is 2.46. The largest absolute Gasteiger partial charge is 0.357 e. The molecule has 2 amide bonds. The first kappa shape index (κ1) is 14.0. The summed E-state index contributed by atoms with van der Waals surface area (Å²) in [7, 11) is 1.59. The summed E-state index contributed by atoms with van der Waals surface area (Å²) in [6, 6.07) is 3.15. The van der Waals surface area contributed by atoms with E-state index >= 15 is 0 Å². The zero-order chi connectivity index (χ0) is 13.8. The van der Waals surface area contributed by atoms with Crippen LogP contribution in [0.25, 0.3) is 0 Å². The van der Waals surface area contributed by atoms with E-state index < -0.39 is 0 Å². The lowest BCUT2D eigenvalue weighted by Crippen LogP contribution is -2.51. The lowest BCUT2D eigenvalue weighted by Gasteiger charge is -2.34. The molecule has 1 aromatic rings. The van der Waals surface area contributed by atoms with E-state index in [-0.39, 0.29) is 17.9 Å². The third kappa shape index (κ3) is 2.94. The molecule has 1 atom stereocenters. The maximum atomic E-state index is 12.5. The van der Waals surface area contributed by atoms with Crippen molar-refractivity contribution < 1.29 is 9.59 Å². The van der Waals surface area contributed by atoms with Crippen molar-refractivity contribution in [2.45, 2.75) is 25.3 Å². The second-order valence-corrected chi connectivity index (χ2v) is 5.31. The Bertz CT molecular complexity index is 493. The fourth-order valence-electron chi connectivity index (χ4n) is 2.29. The van der Waals surface area contributed by atoms with E-state index in [0.29, 0.717) is 23.1 Å². The molecule has 6 heteroatoms. The highest BCUT2D eigenvalue weighted by Gasteiger charge is 2.33. The Morgan fingerprint density at radius 2 is 2.26 bits per heavy atom. The summed E-state index contributed by atoms with van der Waals surface area (Å²) in [5, 5.41) is 2.62. The molecule has 0 aromatic carbocycles. The minimum Gasteiger partial charge on any atom is -0.357 e. The number of hydrogen-bond donors (Lipinski definition) is 1. The van der Waals surface area contributed by atoms with Gasteiger partial charge in [-0.3, -0.25) is 9.59 Å². The first-order chi connectivity index (χ1) is 9.15. The van der Waals surface area contributed by atoms with E-state index in [0.717, 1.165) is 12.8 Å². The molecule has 0 bridgehead atoms. The lowest BCUT2D eigenvalue weighted by molar-refractivity contribution is -0.126. The van der Waals surface area contributed by atoms with Crippen LogP contribution in [0.15, 0.2) is 22.8 Å². The molecule has 1 unspecified atom stereocenters. The minimum atomic E-state index is -0.389. The molecule has 19 heavy (non-hydrogen) atoms. The van der Waals surface area contributed by atoms with Crippen LogP contribution >= 0.6 is 15.9 Å². The summed E-state index contributed by atoms with van der Waals surface area (Å²) >= 11 is 3.33. The van der Waals surface area contributed by atoms with Crippen molar-refractivity contribution in [1.29, 1.82) is 0 Å². The number of rotatable bonds is 2. The first-order valence-electron chi connectivity index (χ1n) is 6.28. The molecule has 0 aliphatic carbocycles. The zero-order valence-electron chi connectivity index (χ0n) is 10.7. The Balaban J connectivity index is 2.25. The van der Waals surface area contributed by atoms with Gasteiger partial charge >= 0.3 is 0 Å². The Kier molecular flexibility index (Phi) is 4.52. The highest BCUT2D eigenvalue weighted by molar-refractivity contribution is 9.10. The van der Waals surface area contributed by atoms with Crippen molar-refractivity contribution in [2.75, 3.05) is 13.6 Å². The van der Waals surface area contributed by atoms with Gasteiger partial charge in [0.15, 0.2) is 0 Å². The monoisotopic (exact) mass is 325 g/mol. The Morgan fingerprint density at radius 1 is 1.47 bits per heavy atom. The third-order valence-electron chi connectivity index (χ3n) is 3.27. The summed E-state index contributed by atoms with van der Waals surface area (Å²) in [6.07, 6.45) is 4.17. The molecule has 1 saturated heterocycles. The van der Waals surface area contributed by atoms with Crippen molar-refractivity contribution in [3.05, 3.63) is 28.5 Å². The van der Waals surface area contributed by atoms with E-state index in [1.165, 1.54) is 0 Å². The number of carbonyl (C=O) groups excluding carboxylic acids is 2. The topological polar surface area (TPSA) is 62.3 Å². The number of hydrogen-bond acceptors (Lipinski definition) is 3. The second kappa shape index (κ2) is 6.14. The number of aromatic nitrogens is 1. The molecular weight excluding hydrogens is 310 g/mol. The number of pyridine rings is 1. The van der Waals surface area contributed by atoms with Crippen molar-refractivity contribution >= 4 is 27.7 Å². The number of likely N-dealkylation sites (N-methyl/N-ethyl adjacent to an activating group) is 1. The van der Waals surface area contributed by atoms with Crippen molar-refractivity contribution in [3.63, 3.8) is 0 Å². The minimum absolute atomic E-state index is 0.111. The van der Waals surface area contributed by atoms with E-state index in [9.17, 15) is 9.59 Å². The van der Waals surface area contributed by atoms with Crippen LogP contribution in [0.2, 0.25) is 0 Å². The van der Waals surface area contributed by atoms with E-state index in [2.05, 4.69) is 26.2 Å². The molecule has 1 aliphatic heterocycles. The van der Waals surface area contributed by atoms with Crippen LogP contribution < -0.4 is 5.32 Å². The smallest absolute Gasteiger partial charge is 0.274 e. The van der Waals surface area contributed by atoms with Gasteiger partial charge in [0.25, 0.3) is 5.91 Å². The summed E-state index contributed by atoms with van der Waals surface area (Å²) in [6.45, 7) is 0.597. The van der Waals surface area contributed by atoms with Gasteiger partial charge in [0.1, 0.15) is 11.7 Å². The maximum absolute atomic E-state index is 12.5. The second-order valence-electron chi connectivity index (χ2n) is 4.46. The van der Waals surface area contributed by atoms with Crippen molar-refractivity contribution in [1.82, 2.24) is 15.2 Å². The normalized spacial score (nSPS) is 19.1. The highest BCUT2D eigenvalue weighted by Crippen LogP contribution is 2.22. The Labute approximate surface area is 120 Å². The summed E-state index contributed by atoms with van der Waals surface area (Å²) in [4.78, 5) is 30.1. The predicted molar refractivity (Wildman–Crippen MR) is 74.7 cm³/mol. The predicted octanol–water partition coefficient (Wildman–Crippen LogP) is 1.58. The first-order valence-corrected chi connectivity index (χ1v) is 7.07.